The summed E-state index contributed by atoms with van der Waals surface area (Å²) in [6.45, 7) is 6.40. The molecule has 0 heterocycles. The van der Waals surface area contributed by atoms with E-state index in [0.29, 0.717) is 16.9 Å². The van der Waals surface area contributed by atoms with E-state index in [-0.39, 0.29) is 5.91 Å². The van der Waals surface area contributed by atoms with Gasteiger partial charge in [-0.3, -0.25) is 4.79 Å². The molecule has 21 heavy (non-hydrogen) atoms. The molecule has 116 valence electrons. The third kappa shape index (κ3) is 4.77. The number of hydrogen-bond acceptors (Lipinski definition) is 2. The predicted octanol–water partition coefficient (Wildman–Crippen LogP) is 5.12. The molecule has 1 aromatic carbocycles. The number of anilines is 1. The van der Waals surface area contributed by atoms with Crippen LogP contribution in [0.3, 0.4) is 0 Å². The van der Waals surface area contributed by atoms with Crippen molar-refractivity contribution in [3.05, 3.63) is 29.3 Å². The minimum atomic E-state index is 0.141. The largest absolute Gasteiger partial charge is 0.325 e. The van der Waals surface area contributed by atoms with Crippen LogP contribution in [0.5, 0.6) is 0 Å². The van der Waals surface area contributed by atoms with E-state index >= 15 is 0 Å². The molecule has 0 unspecified atom stereocenters. The second-order valence-electron chi connectivity index (χ2n) is 6.31. The molecule has 0 aromatic heterocycles. The van der Waals surface area contributed by atoms with Crippen molar-refractivity contribution >= 4 is 23.4 Å². The summed E-state index contributed by atoms with van der Waals surface area (Å²) in [7, 11) is 0. The Hall–Kier alpha value is -0.960. The molecule has 0 spiro atoms. The zero-order valence-electron chi connectivity index (χ0n) is 13.4. The van der Waals surface area contributed by atoms with E-state index in [9.17, 15) is 4.79 Å². The SMILES string of the molecule is Cc1cccc(C(C)C)c1NC(=O)CSC1CCCCC1. The summed E-state index contributed by atoms with van der Waals surface area (Å²) in [6.07, 6.45) is 6.58. The van der Waals surface area contributed by atoms with Gasteiger partial charge in [-0.1, -0.05) is 51.3 Å². The molecule has 2 rings (SSSR count). The standard InChI is InChI=1S/C18H27NOS/c1-13(2)16-11-7-8-14(3)18(16)19-17(20)12-21-15-9-5-4-6-10-15/h7-8,11,13,15H,4-6,9-10,12H2,1-3H3,(H,19,20). The first kappa shape index (κ1) is 16.4. The number of para-hydroxylation sites is 1. The lowest BCUT2D eigenvalue weighted by molar-refractivity contribution is -0.113. The smallest absolute Gasteiger partial charge is 0.234 e. The molecule has 3 heteroatoms. The lowest BCUT2D eigenvalue weighted by Gasteiger charge is -2.21. The van der Waals surface area contributed by atoms with Crippen molar-refractivity contribution in [2.24, 2.45) is 0 Å². The Morgan fingerprint density at radius 3 is 2.67 bits per heavy atom. The third-order valence-electron chi connectivity index (χ3n) is 4.19. The molecule has 0 bridgehead atoms. The highest BCUT2D eigenvalue weighted by atomic mass is 32.2. The minimum absolute atomic E-state index is 0.141. The maximum absolute atomic E-state index is 12.3. The van der Waals surface area contributed by atoms with E-state index in [1.54, 1.807) is 0 Å². The van der Waals surface area contributed by atoms with Gasteiger partial charge in [0.2, 0.25) is 5.91 Å². The van der Waals surface area contributed by atoms with Gasteiger partial charge in [-0.05, 0) is 36.8 Å². The Kier molecular flexibility index (Phi) is 6.16. The predicted molar refractivity (Wildman–Crippen MR) is 93.2 cm³/mol. The van der Waals surface area contributed by atoms with Crippen LogP contribution in [0.25, 0.3) is 0 Å². The van der Waals surface area contributed by atoms with Gasteiger partial charge in [0.25, 0.3) is 0 Å². The van der Waals surface area contributed by atoms with Gasteiger partial charge in [0, 0.05) is 10.9 Å². The molecule has 1 amide bonds. The van der Waals surface area contributed by atoms with Crippen molar-refractivity contribution in [1.29, 1.82) is 0 Å². The van der Waals surface area contributed by atoms with E-state index in [1.165, 1.54) is 37.7 Å². The third-order valence-corrected chi connectivity index (χ3v) is 5.57. The highest BCUT2D eigenvalue weighted by Crippen LogP contribution is 2.30. The van der Waals surface area contributed by atoms with Gasteiger partial charge in [-0.25, -0.2) is 0 Å². The summed E-state index contributed by atoms with van der Waals surface area (Å²) >= 11 is 1.83. The summed E-state index contributed by atoms with van der Waals surface area (Å²) in [5, 5.41) is 3.83. The van der Waals surface area contributed by atoms with Crippen molar-refractivity contribution in [3.8, 4) is 0 Å². The summed E-state index contributed by atoms with van der Waals surface area (Å²) in [6, 6.07) is 6.24. The van der Waals surface area contributed by atoms with E-state index < -0.39 is 0 Å². The Balaban J connectivity index is 1.93. The van der Waals surface area contributed by atoms with Crippen LogP contribution in [-0.4, -0.2) is 16.9 Å². The first-order valence-electron chi connectivity index (χ1n) is 8.09. The molecule has 1 aliphatic rings. The molecule has 1 N–H and O–H groups in total. The maximum atomic E-state index is 12.3. The topological polar surface area (TPSA) is 29.1 Å². The zero-order valence-corrected chi connectivity index (χ0v) is 14.3. The van der Waals surface area contributed by atoms with Gasteiger partial charge in [-0.15, -0.1) is 11.8 Å². The minimum Gasteiger partial charge on any atom is -0.325 e. The molecular formula is C18H27NOS. The van der Waals surface area contributed by atoms with Crippen LogP contribution >= 0.6 is 11.8 Å². The molecular weight excluding hydrogens is 278 g/mol. The lowest BCUT2D eigenvalue weighted by Crippen LogP contribution is -2.19. The van der Waals surface area contributed by atoms with Crippen LogP contribution < -0.4 is 5.32 Å². The van der Waals surface area contributed by atoms with Crippen molar-refractivity contribution in [3.63, 3.8) is 0 Å². The van der Waals surface area contributed by atoms with Crippen LogP contribution in [0.15, 0.2) is 18.2 Å². The number of carbonyl (C=O) groups is 1. The molecule has 0 radical (unpaired) electrons. The van der Waals surface area contributed by atoms with Crippen LogP contribution in [0.4, 0.5) is 5.69 Å². The van der Waals surface area contributed by atoms with Crippen LogP contribution in [-0.2, 0) is 4.79 Å². The fraction of sp³-hybridized carbons (Fsp3) is 0.611. The van der Waals surface area contributed by atoms with E-state index in [4.69, 9.17) is 0 Å². The first-order valence-corrected chi connectivity index (χ1v) is 9.13. The Labute approximate surface area is 133 Å². The number of hydrogen-bond donors (Lipinski definition) is 1. The molecule has 2 nitrogen and oxygen atoms in total. The maximum Gasteiger partial charge on any atom is 0.234 e. The van der Waals surface area contributed by atoms with Crippen molar-refractivity contribution in [1.82, 2.24) is 0 Å². The van der Waals surface area contributed by atoms with Gasteiger partial charge >= 0.3 is 0 Å². The van der Waals surface area contributed by atoms with Gasteiger partial charge < -0.3 is 5.32 Å². The molecule has 1 fully saturated rings. The Morgan fingerprint density at radius 2 is 2.00 bits per heavy atom. The number of amides is 1. The second kappa shape index (κ2) is 7.88. The molecule has 1 saturated carbocycles. The molecule has 0 saturated heterocycles. The van der Waals surface area contributed by atoms with Crippen molar-refractivity contribution in [2.75, 3.05) is 11.1 Å². The normalized spacial score (nSPS) is 16.2. The molecule has 1 aromatic rings. The Morgan fingerprint density at radius 1 is 1.29 bits per heavy atom. The number of carbonyl (C=O) groups excluding carboxylic acids is 1. The average Bonchev–Trinajstić information content (AvgIpc) is 2.48. The van der Waals surface area contributed by atoms with Crippen LogP contribution in [0, 0.1) is 6.92 Å². The van der Waals surface area contributed by atoms with E-state index in [0.717, 1.165) is 11.3 Å². The van der Waals surface area contributed by atoms with Gasteiger partial charge in [0.05, 0.1) is 5.75 Å². The summed E-state index contributed by atoms with van der Waals surface area (Å²) in [4.78, 5) is 12.3. The van der Waals surface area contributed by atoms with E-state index in [2.05, 4.69) is 44.3 Å². The monoisotopic (exact) mass is 305 g/mol. The molecule has 0 aliphatic heterocycles. The average molecular weight is 305 g/mol. The lowest BCUT2D eigenvalue weighted by atomic mass is 9.98. The van der Waals surface area contributed by atoms with Crippen molar-refractivity contribution in [2.45, 2.75) is 64.0 Å². The fourth-order valence-corrected chi connectivity index (χ4v) is 4.07. The number of rotatable bonds is 5. The fourth-order valence-electron chi connectivity index (χ4n) is 2.94. The highest BCUT2D eigenvalue weighted by Gasteiger charge is 2.16. The summed E-state index contributed by atoms with van der Waals surface area (Å²) in [5.41, 5.74) is 3.39. The van der Waals surface area contributed by atoms with Crippen LogP contribution in [0.2, 0.25) is 0 Å². The molecule has 0 atom stereocenters. The van der Waals surface area contributed by atoms with E-state index in [1.807, 2.05) is 11.8 Å². The van der Waals surface area contributed by atoms with Gasteiger partial charge in [0.1, 0.15) is 0 Å². The quantitative estimate of drug-likeness (QED) is 0.817. The summed E-state index contributed by atoms with van der Waals surface area (Å²) < 4.78 is 0. The number of nitrogens with one attached hydrogen (secondary N) is 1. The first-order chi connectivity index (χ1) is 10.1. The second-order valence-corrected chi connectivity index (χ2v) is 7.60. The highest BCUT2D eigenvalue weighted by molar-refractivity contribution is 8.00. The summed E-state index contributed by atoms with van der Waals surface area (Å²) in [5.74, 6) is 1.14. The number of benzene rings is 1. The molecule has 1 aliphatic carbocycles. The number of aryl methyl sites for hydroxylation is 1. The Bertz CT molecular complexity index is 478. The van der Waals surface area contributed by atoms with Gasteiger partial charge in [-0.2, -0.15) is 0 Å². The van der Waals surface area contributed by atoms with Crippen LogP contribution in [0.1, 0.15) is 63.0 Å². The zero-order chi connectivity index (χ0) is 15.2. The van der Waals surface area contributed by atoms with Crippen molar-refractivity contribution < 1.29 is 4.79 Å². The van der Waals surface area contributed by atoms with Gasteiger partial charge in [0.15, 0.2) is 0 Å². The number of thioether (sulfide) groups is 1.